The monoisotopic (exact) mass is 739 g/mol. The summed E-state index contributed by atoms with van der Waals surface area (Å²) in [4.78, 5) is 2.31. The number of anilines is 3. The van der Waals surface area contributed by atoms with Crippen LogP contribution in [0.4, 0.5) is 17.1 Å². The Bertz CT molecular complexity index is 2650. The van der Waals surface area contributed by atoms with Gasteiger partial charge in [-0.25, -0.2) is 0 Å². The summed E-state index contributed by atoms with van der Waals surface area (Å²) < 4.78 is 18.4. The maximum atomic E-state index is 6.47. The van der Waals surface area contributed by atoms with Crippen LogP contribution in [0.15, 0.2) is 194 Å². The van der Waals surface area contributed by atoms with Gasteiger partial charge in [-0.1, -0.05) is 121 Å². The topological polar surface area (TPSA) is 30.9 Å². The molecule has 0 N–H and O–H groups in total. The SMILES string of the molecule is COc1ccc2c(c1)C1(c3ccccc3)c3cc(OC)ccc3C2(c2ccccc2)c2cc(-c3cccc(N(c4ccccc4)c4ccccc4)c3)c(OC)cc21. The van der Waals surface area contributed by atoms with Crippen molar-refractivity contribution >= 4 is 17.1 Å². The average molecular weight is 740 g/mol. The largest absolute Gasteiger partial charge is 0.497 e. The first-order valence-electron chi connectivity index (χ1n) is 19.4. The first kappa shape index (κ1) is 34.5. The lowest BCUT2D eigenvalue weighted by atomic mass is 9.44. The molecule has 8 aromatic carbocycles. The van der Waals surface area contributed by atoms with E-state index in [1.54, 1.807) is 21.3 Å². The van der Waals surface area contributed by atoms with Gasteiger partial charge in [-0.15, -0.1) is 0 Å². The molecular weight excluding hydrogens is 699 g/mol. The summed E-state index contributed by atoms with van der Waals surface area (Å²) in [6.07, 6.45) is 0. The van der Waals surface area contributed by atoms with Gasteiger partial charge >= 0.3 is 0 Å². The second-order valence-electron chi connectivity index (χ2n) is 14.7. The van der Waals surface area contributed by atoms with Gasteiger partial charge in [-0.3, -0.25) is 0 Å². The van der Waals surface area contributed by atoms with Crippen molar-refractivity contribution in [1.29, 1.82) is 0 Å². The van der Waals surface area contributed by atoms with Gasteiger partial charge in [0.05, 0.1) is 32.2 Å². The van der Waals surface area contributed by atoms with Gasteiger partial charge in [0.25, 0.3) is 0 Å². The number of methoxy groups -OCH3 is 3. The zero-order valence-electron chi connectivity index (χ0n) is 32.1. The van der Waals surface area contributed by atoms with Crippen molar-refractivity contribution in [3.63, 3.8) is 0 Å². The van der Waals surface area contributed by atoms with Crippen LogP contribution in [-0.2, 0) is 10.8 Å². The standard InChI is InChI=1S/C53H41NO3/c1-55-42-27-29-45-47(32-42)53(38-20-10-5-11-21-38)48-33-43(56-2)28-30-46(48)52(45,37-18-8-4-9-19-37)49-34-44(51(57-3)35-50(49)53)36-17-16-26-41(31-36)54(39-22-12-6-13-23-39)40-24-14-7-15-25-40/h4-35H,1-3H3. The van der Waals surface area contributed by atoms with Crippen LogP contribution in [-0.4, -0.2) is 21.3 Å². The van der Waals surface area contributed by atoms with E-state index >= 15 is 0 Å². The fraction of sp³-hybridized carbons (Fsp3) is 0.0943. The molecule has 2 bridgehead atoms. The fourth-order valence-electron chi connectivity index (χ4n) is 9.76. The molecule has 0 amide bonds. The summed E-state index contributed by atoms with van der Waals surface area (Å²) in [7, 11) is 5.28. The second-order valence-corrected chi connectivity index (χ2v) is 14.7. The number of ether oxygens (including phenoxy) is 3. The van der Waals surface area contributed by atoms with Gasteiger partial charge in [-0.2, -0.15) is 0 Å². The van der Waals surface area contributed by atoms with Crippen LogP contribution in [0.3, 0.4) is 0 Å². The lowest BCUT2D eigenvalue weighted by Crippen LogP contribution is -2.52. The van der Waals surface area contributed by atoms with Crippen LogP contribution in [0.2, 0.25) is 0 Å². The Kier molecular flexibility index (Phi) is 8.23. The predicted molar refractivity (Wildman–Crippen MR) is 230 cm³/mol. The quantitative estimate of drug-likeness (QED) is 0.147. The minimum atomic E-state index is -0.716. The highest BCUT2D eigenvalue weighted by Crippen LogP contribution is 2.67. The minimum absolute atomic E-state index is 0.672. The van der Waals surface area contributed by atoms with Gasteiger partial charge in [0.15, 0.2) is 0 Å². The zero-order chi connectivity index (χ0) is 38.6. The molecule has 276 valence electrons. The van der Waals surface area contributed by atoms with Crippen molar-refractivity contribution in [1.82, 2.24) is 0 Å². The van der Waals surface area contributed by atoms with E-state index in [0.717, 1.165) is 51.0 Å². The molecule has 4 heteroatoms. The molecule has 0 aromatic heterocycles. The molecule has 4 nitrogen and oxygen atoms in total. The molecule has 3 aliphatic rings. The molecular formula is C53H41NO3. The first-order valence-corrected chi connectivity index (χ1v) is 19.4. The predicted octanol–water partition coefficient (Wildman–Crippen LogP) is 12.2. The van der Waals surface area contributed by atoms with Gasteiger partial charge in [0.2, 0.25) is 0 Å². The van der Waals surface area contributed by atoms with Crippen molar-refractivity contribution < 1.29 is 14.2 Å². The van der Waals surface area contributed by atoms with Crippen LogP contribution < -0.4 is 19.1 Å². The van der Waals surface area contributed by atoms with Crippen LogP contribution in [0.5, 0.6) is 17.2 Å². The Hall–Kier alpha value is -7.04. The smallest absolute Gasteiger partial charge is 0.127 e. The van der Waals surface area contributed by atoms with E-state index < -0.39 is 10.8 Å². The van der Waals surface area contributed by atoms with Crippen LogP contribution in [0.1, 0.15) is 44.5 Å². The molecule has 11 rings (SSSR count). The Labute approximate surface area is 334 Å². The highest BCUT2D eigenvalue weighted by Gasteiger charge is 2.60. The van der Waals surface area contributed by atoms with Crippen molar-refractivity contribution in [3.05, 3.63) is 239 Å². The van der Waals surface area contributed by atoms with E-state index in [9.17, 15) is 0 Å². The molecule has 0 spiro atoms. The lowest BCUT2D eigenvalue weighted by molar-refractivity contribution is 0.407. The van der Waals surface area contributed by atoms with E-state index in [1.165, 1.54) is 38.9 Å². The maximum absolute atomic E-state index is 6.47. The number of hydrogen-bond donors (Lipinski definition) is 0. The van der Waals surface area contributed by atoms with E-state index in [-0.39, 0.29) is 0 Å². The molecule has 57 heavy (non-hydrogen) atoms. The molecule has 0 atom stereocenters. The maximum Gasteiger partial charge on any atom is 0.127 e. The lowest BCUT2D eigenvalue weighted by Gasteiger charge is -2.57. The molecule has 0 fully saturated rings. The third kappa shape index (κ3) is 5.00. The molecule has 0 saturated heterocycles. The highest BCUT2D eigenvalue weighted by molar-refractivity contribution is 5.88. The molecule has 0 saturated carbocycles. The number of para-hydroxylation sites is 2. The summed E-state index contributed by atoms with van der Waals surface area (Å²) in [5, 5.41) is 0. The van der Waals surface area contributed by atoms with Crippen molar-refractivity contribution in [3.8, 4) is 28.4 Å². The second kappa shape index (κ2) is 13.6. The summed E-state index contributed by atoms with van der Waals surface area (Å²) in [5.41, 5.74) is 13.5. The Balaban J connectivity index is 1.31. The average Bonchev–Trinajstić information content (AvgIpc) is 3.29. The molecule has 0 heterocycles. The van der Waals surface area contributed by atoms with Crippen molar-refractivity contribution in [2.75, 3.05) is 26.2 Å². The van der Waals surface area contributed by atoms with Gasteiger partial charge in [0, 0.05) is 22.6 Å². The van der Waals surface area contributed by atoms with Crippen LogP contribution in [0, 0.1) is 0 Å². The minimum Gasteiger partial charge on any atom is -0.497 e. The normalized spacial score (nSPS) is 17.2. The summed E-state index contributed by atoms with van der Waals surface area (Å²) in [6.45, 7) is 0. The van der Waals surface area contributed by atoms with Crippen LogP contribution in [0.25, 0.3) is 11.1 Å². The number of benzene rings is 8. The summed E-state index contributed by atoms with van der Waals surface area (Å²) in [5.74, 6) is 2.43. The third-order valence-corrected chi connectivity index (χ3v) is 12.1. The fourth-order valence-corrected chi connectivity index (χ4v) is 9.76. The van der Waals surface area contributed by atoms with Gasteiger partial charge < -0.3 is 19.1 Å². The van der Waals surface area contributed by atoms with E-state index in [1.807, 2.05) is 0 Å². The molecule has 0 unspecified atom stereocenters. The van der Waals surface area contributed by atoms with Gasteiger partial charge in [-0.05, 0) is 123 Å². The first-order chi connectivity index (χ1) is 28.1. The van der Waals surface area contributed by atoms with E-state index in [4.69, 9.17) is 14.2 Å². The van der Waals surface area contributed by atoms with E-state index in [2.05, 4.69) is 199 Å². The third-order valence-electron chi connectivity index (χ3n) is 12.1. The number of hydrogen-bond acceptors (Lipinski definition) is 4. The van der Waals surface area contributed by atoms with Crippen molar-refractivity contribution in [2.45, 2.75) is 10.8 Å². The Morgan fingerprint density at radius 3 is 1.28 bits per heavy atom. The number of rotatable bonds is 9. The summed E-state index contributed by atoms with van der Waals surface area (Å²) >= 11 is 0. The summed E-state index contributed by atoms with van der Waals surface area (Å²) in [6, 6.07) is 69.7. The van der Waals surface area contributed by atoms with Gasteiger partial charge in [0.1, 0.15) is 17.2 Å². The molecule has 0 radical (unpaired) electrons. The van der Waals surface area contributed by atoms with Crippen LogP contribution >= 0.6 is 0 Å². The highest BCUT2D eigenvalue weighted by atomic mass is 16.5. The van der Waals surface area contributed by atoms with E-state index in [0.29, 0.717) is 0 Å². The Morgan fingerprint density at radius 1 is 0.351 bits per heavy atom. The molecule has 0 aliphatic heterocycles. The van der Waals surface area contributed by atoms with Crippen molar-refractivity contribution in [2.24, 2.45) is 0 Å². The molecule has 8 aromatic rings. The Morgan fingerprint density at radius 2 is 0.789 bits per heavy atom. The molecule has 3 aliphatic carbocycles. The number of nitrogens with zero attached hydrogens (tertiary/aromatic N) is 1. The zero-order valence-corrected chi connectivity index (χ0v) is 32.1.